The smallest absolute Gasteiger partial charge is 0.255 e. The number of fused-ring (bicyclic) bond motifs is 1. The number of hydrogen-bond acceptors (Lipinski definition) is 5. The average molecular weight is 420 g/mol. The van der Waals surface area contributed by atoms with Gasteiger partial charge in [0.15, 0.2) is 0 Å². The maximum atomic E-state index is 13.9. The number of carbonyl (C=O) groups is 1. The number of para-hydroxylation sites is 2. The first-order valence-electron chi connectivity index (χ1n) is 10.7. The minimum atomic E-state index is -0.0249. The summed E-state index contributed by atoms with van der Waals surface area (Å²) in [6.07, 6.45) is 2.06. The molecule has 1 aliphatic heterocycles. The number of ether oxygens (including phenoxy) is 2. The summed E-state index contributed by atoms with van der Waals surface area (Å²) in [5.41, 5.74) is 2.44. The second-order valence-corrected chi connectivity index (χ2v) is 8.07. The van der Waals surface area contributed by atoms with Crippen LogP contribution in [0.1, 0.15) is 28.8 Å². The number of hydrogen-bond donors (Lipinski definition) is 0. The van der Waals surface area contributed by atoms with Crippen LogP contribution in [0, 0.1) is 0 Å². The van der Waals surface area contributed by atoms with E-state index in [1.54, 1.807) is 7.11 Å². The zero-order valence-electron chi connectivity index (χ0n) is 18.4. The fourth-order valence-electron chi connectivity index (χ4n) is 4.03. The summed E-state index contributed by atoms with van der Waals surface area (Å²) >= 11 is 0. The Morgan fingerprint density at radius 3 is 2.68 bits per heavy atom. The summed E-state index contributed by atoms with van der Waals surface area (Å²) in [5.74, 6) is 1.51. The van der Waals surface area contributed by atoms with Gasteiger partial charge in [-0.25, -0.2) is 4.98 Å². The van der Waals surface area contributed by atoms with Gasteiger partial charge in [-0.1, -0.05) is 36.4 Å². The van der Waals surface area contributed by atoms with Gasteiger partial charge in [-0.05, 0) is 31.0 Å². The fraction of sp³-hybridized carbons (Fsp3) is 0.360. The molecule has 1 aromatic heterocycles. The Bertz CT molecular complexity index is 1060. The Kier molecular flexibility index (Phi) is 6.37. The summed E-state index contributed by atoms with van der Waals surface area (Å²) in [4.78, 5) is 22.4. The first-order chi connectivity index (χ1) is 15.1. The third-order valence-corrected chi connectivity index (χ3v) is 5.68. The van der Waals surface area contributed by atoms with E-state index in [4.69, 9.17) is 14.5 Å². The van der Waals surface area contributed by atoms with Crippen molar-refractivity contribution in [3.05, 3.63) is 65.7 Å². The van der Waals surface area contributed by atoms with Crippen molar-refractivity contribution in [1.82, 2.24) is 9.88 Å². The largest absolute Gasteiger partial charge is 0.496 e. The SMILES string of the molecule is COc1ccccc1CN(CC1CCCO1)C(=O)c1cc(N(C)C)nc2ccccc12. The van der Waals surface area contributed by atoms with Crippen LogP contribution >= 0.6 is 0 Å². The minimum absolute atomic E-state index is 0.0249. The molecular weight excluding hydrogens is 390 g/mol. The van der Waals surface area contributed by atoms with Gasteiger partial charge in [0.25, 0.3) is 5.91 Å². The molecule has 0 bridgehead atoms. The number of anilines is 1. The molecular formula is C25H29N3O3. The van der Waals surface area contributed by atoms with E-state index >= 15 is 0 Å². The maximum Gasteiger partial charge on any atom is 0.255 e. The number of rotatable bonds is 7. The normalized spacial score (nSPS) is 15.8. The topological polar surface area (TPSA) is 54.9 Å². The molecule has 1 amide bonds. The van der Waals surface area contributed by atoms with Gasteiger partial charge in [-0.3, -0.25) is 4.79 Å². The van der Waals surface area contributed by atoms with E-state index in [9.17, 15) is 4.79 Å². The summed E-state index contributed by atoms with van der Waals surface area (Å²) < 4.78 is 11.4. The number of aromatic nitrogens is 1. The first-order valence-corrected chi connectivity index (χ1v) is 10.7. The van der Waals surface area contributed by atoms with E-state index in [0.717, 1.165) is 47.5 Å². The van der Waals surface area contributed by atoms with Gasteiger partial charge in [0.1, 0.15) is 11.6 Å². The molecule has 0 N–H and O–H groups in total. The number of nitrogens with zero attached hydrogens (tertiary/aromatic N) is 3. The van der Waals surface area contributed by atoms with Crippen molar-refractivity contribution in [2.45, 2.75) is 25.5 Å². The fourth-order valence-corrected chi connectivity index (χ4v) is 4.03. The molecule has 0 radical (unpaired) electrons. The average Bonchev–Trinajstić information content (AvgIpc) is 3.31. The number of pyridine rings is 1. The van der Waals surface area contributed by atoms with Crippen molar-refractivity contribution in [3.63, 3.8) is 0 Å². The van der Waals surface area contributed by atoms with E-state index in [1.165, 1.54) is 0 Å². The highest BCUT2D eigenvalue weighted by Gasteiger charge is 2.26. The maximum absolute atomic E-state index is 13.9. The third kappa shape index (κ3) is 4.64. The van der Waals surface area contributed by atoms with E-state index in [0.29, 0.717) is 18.7 Å². The zero-order chi connectivity index (χ0) is 21.8. The van der Waals surface area contributed by atoms with Gasteiger partial charge in [0, 0.05) is 44.7 Å². The van der Waals surface area contributed by atoms with Gasteiger partial charge in [0.05, 0.1) is 24.3 Å². The molecule has 6 nitrogen and oxygen atoms in total. The van der Waals surface area contributed by atoms with E-state index in [1.807, 2.05) is 78.5 Å². The number of methoxy groups -OCH3 is 1. The van der Waals surface area contributed by atoms with Crippen molar-refractivity contribution in [1.29, 1.82) is 0 Å². The van der Waals surface area contributed by atoms with Crippen molar-refractivity contribution in [2.75, 3.05) is 39.3 Å². The quantitative estimate of drug-likeness (QED) is 0.576. The Labute approximate surface area is 183 Å². The molecule has 2 aromatic carbocycles. The highest BCUT2D eigenvalue weighted by Crippen LogP contribution is 2.27. The lowest BCUT2D eigenvalue weighted by Crippen LogP contribution is -2.37. The minimum Gasteiger partial charge on any atom is -0.496 e. The van der Waals surface area contributed by atoms with Crippen LogP contribution in [0.15, 0.2) is 54.6 Å². The van der Waals surface area contributed by atoms with Gasteiger partial charge in [-0.15, -0.1) is 0 Å². The van der Waals surface area contributed by atoms with Crippen LogP contribution in [-0.2, 0) is 11.3 Å². The second kappa shape index (κ2) is 9.35. The van der Waals surface area contributed by atoms with Crippen LogP contribution in [0.25, 0.3) is 10.9 Å². The van der Waals surface area contributed by atoms with Crippen LogP contribution in [0.4, 0.5) is 5.82 Å². The van der Waals surface area contributed by atoms with Crippen LogP contribution < -0.4 is 9.64 Å². The summed E-state index contributed by atoms with van der Waals surface area (Å²) in [6.45, 7) is 1.76. The van der Waals surface area contributed by atoms with Gasteiger partial charge < -0.3 is 19.3 Å². The van der Waals surface area contributed by atoms with Crippen LogP contribution in [0.5, 0.6) is 5.75 Å². The monoisotopic (exact) mass is 419 g/mol. The molecule has 1 saturated heterocycles. The van der Waals surface area contributed by atoms with Gasteiger partial charge >= 0.3 is 0 Å². The highest BCUT2D eigenvalue weighted by molar-refractivity contribution is 6.07. The lowest BCUT2D eigenvalue weighted by atomic mass is 10.1. The molecule has 6 heteroatoms. The predicted octanol–water partition coefficient (Wildman–Crippen LogP) is 4.13. The van der Waals surface area contributed by atoms with Gasteiger partial charge in [-0.2, -0.15) is 0 Å². The molecule has 0 spiro atoms. The molecule has 0 saturated carbocycles. The van der Waals surface area contributed by atoms with Crippen LogP contribution in [-0.4, -0.2) is 56.3 Å². The molecule has 1 fully saturated rings. The standard InChI is InChI=1S/C25H29N3O3/c1-27(2)24-15-21(20-11-5-6-12-22(20)26-24)25(29)28(17-19-10-8-14-31-19)16-18-9-4-7-13-23(18)30-3/h4-7,9,11-13,15,19H,8,10,14,16-17H2,1-3H3. The summed E-state index contributed by atoms with van der Waals surface area (Å²) in [5, 5.41) is 0.857. The second-order valence-electron chi connectivity index (χ2n) is 8.07. The lowest BCUT2D eigenvalue weighted by Gasteiger charge is -2.27. The van der Waals surface area contributed by atoms with E-state index in [2.05, 4.69) is 0 Å². The first kappa shape index (κ1) is 21.1. The van der Waals surface area contributed by atoms with E-state index in [-0.39, 0.29) is 12.0 Å². The summed E-state index contributed by atoms with van der Waals surface area (Å²) in [7, 11) is 5.53. The van der Waals surface area contributed by atoms with Crippen molar-refractivity contribution in [3.8, 4) is 5.75 Å². The van der Waals surface area contributed by atoms with Crippen molar-refractivity contribution < 1.29 is 14.3 Å². The van der Waals surface area contributed by atoms with Gasteiger partial charge in [0.2, 0.25) is 0 Å². The lowest BCUT2D eigenvalue weighted by molar-refractivity contribution is 0.0507. The summed E-state index contributed by atoms with van der Waals surface area (Å²) in [6, 6.07) is 17.5. The van der Waals surface area contributed by atoms with Crippen LogP contribution in [0.2, 0.25) is 0 Å². The molecule has 3 aromatic rings. The molecule has 1 aliphatic rings. The Morgan fingerprint density at radius 2 is 1.94 bits per heavy atom. The number of carbonyl (C=O) groups excluding carboxylic acids is 1. The number of benzene rings is 2. The zero-order valence-corrected chi connectivity index (χ0v) is 18.4. The van der Waals surface area contributed by atoms with Crippen molar-refractivity contribution in [2.24, 2.45) is 0 Å². The molecule has 4 rings (SSSR count). The highest BCUT2D eigenvalue weighted by atomic mass is 16.5. The van der Waals surface area contributed by atoms with E-state index < -0.39 is 0 Å². The van der Waals surface area contributed by atoms with Crippen molar-refractivity contribution >= 4 is 22.6 Å². The third-order valence-electron chi connectivity index (χ3n) is 5.68. The Balaban J connectivity index is 1.74. The van der Waals surface area contributed by atoms with Crippen LogP contribution in [0.3, 0.4) is 0 Å². The Morgan fingerprint density at radius 1 is 1.16 bits per heavy atom. The predicted molar refractivity (Wildman–Crippen MR) is 123 cm³/mol. The molecule has 1 unspecified atom stereocenters. The molecule has 162 valence electrons. The molecule has 2 heterocycles. The molecule has 1 atom stereocenters. The Hall–Kier alpha value is -3.12. The number of amides is 1. The molecule has 31 heavy (non-hydrogen) atoms. The molecule has 0 aliphatic carbocycles.